The fraction of sp³-hybridized carbons (Fsp3) is 0.706. The molecule has 1 aromatic rings. The molecule has 1 saturated carbocycles. The second-order valence-corrected chi connectivity index (χ2v) is 6.75. The maximum absolute atomic E-state index is 6.27. The lowest BCUT2D eigenvalue weighted by Gasteiger charge is -2.35. The smallest absolute Gasteiger partial charge is 0.128 e. The third-order valence-corrected chi connectivity index (χ3v) is 4.82. The van der Waals surface area contributed by atoms with Crippen LogP contribution >= 0.6 is 11.6 Å². The molecule has 1 aromatic heterocycles. The minimum Gasteiger partial charge on any atom is -0.357 e. The van der Waals surface area contributed by atoms with Crippen molar-refractivity contribution in [3.8, 4) is 0 Å². The van der Waals surface area contributed by atoms with Crippen LogP contribution < -0.4 is 10.2 Å². The van der Waals surface area contributed by atoms with E-state index in [0.29, 0.717) is 6.04 Å². The van der Waals surface area contributed by atoms with Crippen LogP contribution in [0.5, 0.6) is 0 Å². The molecule has 21 heavy (non-hydrogen) atoms. The summed E-state index contributed by atoms with van der Waals surface area (Å²) in [6.07, 6.45) is 8.16. The van der Waals surface area contributed by atoms with Gasteiger partial charge in [0.05, 0.1) is 5.02 Å². The molecule has 0 amide bonds. The number of hydrogen-bond acceptors (Lipinski definition) is 3. The molecule has 118 valence electrons. The van der Waals surface area contributed by atoms with E-state index in [2.05, 4.69) is 42.2 Å². The standard InChI is InChI=1S/C17H28ClN3/c1-4-8-19-11-14-10-17(20-12-16(14)18)21(3)15-7-5-6-13(2)9-15/h10,12-13,15,19H,4-9,11H2,1-3H3. The second kappa shape index (κ2) is 8.00. The molecule has 0 aliphatic heterocycles. The first-order valence-corrected chi connectivity index (χ1v) is 8.57. The highest BCUT2D eigenvalue weighted by Gasteiger charge is 2.23. The fourth-order valence-electron chi connectivity index (χ4n) is 3.14. The van der Waals surface area contributed by atoms with E-state index >= 15 is 0 Å². The molecule has 1 heterocycles. The van der Waals surface area contributed by atoms with Gasteiger partial charge in [-0.05, 0) is 43.4 Å². The van der Waals surface area contributed by atoms with Crippen LogP contribution in [0.4, 0.5) is 5.82 Å². The van der Waals surface area contributed by atoms with Gasteiger partial charge in [-0.15, -0.1) is 0 Å². The maximum atomic E-state index is 6.27. The largest absolute Gasteiger partial charge is 0.357 e. The van der Waals surface area contributed by atoms with Gasteiger partial charge in [-0.2, -0.15) is 0 Å². The number of aromatic nitrogens is 1. The van der Waals surface area contributed by atoms with Crippen molar-refractivity contribution in [2.24, 2.45) is 5.92 Å². The summed E-state index contributed by atoms with van der Waals surface area (Å²) in [4.78, 5) is 6.88. The molecule has 1 fully saturated rings. The highest BCUT2D eigenvalue weighted by atomic mass is 35.5. The first-order valence-electron chi connectivity index (χ1n) is 8.19. The van der Waals surface area contributed by atoms with Gasteiger partial charge in [-0.1, -0.05) is 38.3 Å². The van der Waals surface area contributed by atoms with Crippen molar-refractivity contribution in [2.45, 2.75) is 58.5 Å². The number of pyridine rings is 1. The van der Waals surface area contributed by atoms with Gasteiger partial charge in [0.2, 0.25) is 0 Å². The van der Waals surface area contributed by atoms with Gasteiger partial charge >= 0.3 is 0 Å². The number of rotatable bonds is 6. The Bertz CT molecular complexity index is 450. The van der Waals surface area contributed by atoms with Crippen LogP contribution in [0.2, 0.25) is 5.02 Å². The molecular weight excluding hydrogens is 282 g/mol. The Balaban J connectivity index is 2.06. The molecule has 0 radical (unpaired) electrons. The van der Waals surface area contributed by atoms with Gasteiger partial charge in [0.1, 0.15) is 5.82 Å². The Morgan fingerprint density at radius 2 is 2.24 bits per heavy atom. The van der Waals surface area contributed by atoms with E-state index in [4.69, 9.17) is 11.6 Å². The molecule has 3 nitrogen and oxygen atoms in total. The number of halogens is 1. The first-order chi connectivity index (χ1) is 10.1. The Kier molecular flexibility index (Phi) is 6.31. The van der Waals surface area contributed by atoms with Crippen LogP contribution in [0.3, 0.4) is 0 Å². The van der Waals surface area contributed by atoms with E-state index in [1.165, 1.54) is 25.7 Å². The summed E-state index contributed by atoms with van der Waals surface area (Å²) in [5, 5.41) is 4.17. The molecule has 0 aromatic carbocycles. The molecule has 0 bridgehead atoms. The van der Waals surface area contributed by atoms with Crippen molar-refractivity contribution in [3.63, 3.8) is 0 Å². The summed E-state index contributed by atoms with van der Waals surface area (Å²) in [5.41, 5.74) is 1.14. The maximum Gasteiger partial charge on any atom is 0.128 e. The zero-order valence-corrected chi connectivity index (χ0v) is 14.3. The van der Waals surface area contributed by atoms with Crippen molar-refractivity contribution < 1.29 is 0 Å². The highest BCUT2D eigenvalue weighted by molar-refractivity contribution is 6.31. The Morgan fingerprint density at radius 1 is 1.43 bits per heavy atom. The van der Waals surface area contributed by atoms with Crippen LogP contribution in [-0.4, -0.2) is 24.6 Å². The topological polar surface area (TPSA) is 28.2 Å². The molecule has 1 N–H and O–H groups in total. The molecule has 1 aliphatic carbocycles. The third kappa shape index (κ3) is 4.58. The Hall–Kier alpha value is -0.800. The van der Waals surface area contributed by atoms with E-state index in [0.717, 1.165) is 41.8 Å². The summed E-state index contributed by atoms with van der Waals surface area (Å²) in [6.45, 7) is 6.36. The molecule has 2 unspecified atom stereocenters. The van der Waals surface area contributed by atoms with E-state index in [9.17, 15) is 0 Å². The van der Waals surface area contributed by atoms with E-state index in [1.54, 1.807) is 6.20 Å². The zero-order chi connectivity index (χ0) is 15.2. The van der Waals surface area contributed by atoms with Crippen molar-refractivity contribution in [2.75, 3.05) is 18.5 Å². The van der Waals surface area contributed by atoms with E-state index in [-0.39, 0.29) is 0 Å². The lowest BCUT2D eigenvalue weighted by molar-refractivity contribution is 0.335. The van der Waals surface area contributed by atoms with Crippen molar-refractivity contribution in [1.82, 2.24) is 10.3 Å². The van der Waals surface area contributed by atoms with Gasteiger partial charge in [-0.3, -0.25) is 0 Å². The van der Waals surface area contributed by atoms with Gasteiger partial charge in [0.25, 0.3) is 0 Å². The van der Waals surface area contributed by atoms with Crippen LogP contribution in [0.25, 0.3) is 0 Å². The van der Waals surface area contributed by atoms with Crippen LogP contribution in [0, 0.1) is 5.92 Å². The third-order valence-electron chi connectivity index (χ3n) is 4.48. The van der Waals surface area contributed by atoms with Crippen molar-refractivity contribution >= 4 is 17.4 Å². The molecular formula is C17H28ClN3. The monoisotopic (exact) mass is 309 g/mol. The van der Waals surface area contributed by atoms with Crippen LogP contribution in [0.15, 0.2) is 12.3 Å². The minimum atomic E-state index is 0.610. The predicted molar refractivity (Wildman–Crippen MR) is 91.1 cm³/mol. The number of nitrogens with one attached hydrogen (secondary N) is 1. The quantitative estimate of drug-likeness (QED) is 0.796. The molecule has 4 heteroatoms. The lowest BCUT2D eigenvalue weighted by Crippen LogP contribution is -2.36. The average Bonchev–Trinajstić information content (AvgIpc) is 2.48. The van der Waals surface area contributed by atoms with Crippen molar-refractivity contribution in [1.29, 1.82) is 0 Å². The Morgan fingerprint density at radius 3 is 2.95 bits per heavy atom. The van der Waals surface area contributed by atoms with Gasteiger partial charge in [-0.25, -0.2) is 4.98 Å². The minimum absolute atomic E-state index is 0.610. The summed E-state index contributed by atoms with van der Waals surface area (Å²) in [6, 6.07) is 2.75. The normalized spacial score (nSPS) is 22.3. The fourth-order valence-corrected chi connectivity index (χ4v) is 3.31. The van der Waals surface area contributed by atoms with E-state index < -0.39 is 0 Å². The summed E-state index contributed by atoms with van der Waals surface area (Å²) in [5.74, 6) is 1.87. The van der Waals surface area contributed by atoms with Gasteiger partial charge in [0, 0.05) is 25.8 Å². The summed E-state index contributed by atoms with van der Waals surface area (Å²) >= 11 is 6.27. The van der Waals surface area contributed by atoms with Crippen LogP contribution in [-0.2, 0) is 6.54 Å². The predicted octanol–water partition coefficient (Wildman–Crippen LogP) is 4.25. The molecule has 0 saturated heterocycles. The summed E-state index contributed by atoms with van der Waals surface area (Å²) in [7, 11) is 2.17. The summed E-state index contributed by atoms with van der Waals surface area (Å²) < 4.78 is 0. The number of nitrogens with zero attached hydrogens (tertiary/aromatic N) is 2. The zero-order valence-electron chi connectivity index (χ0n) is 13.5. The van der Waals surface area contributed by atoms with Gasteiger partial charge < -0.3 is 10.2 Å². The van der Waals surface area contributed by atoms with Gasteiger partial charge in [0.15, 0.2) is 0 Å². The molecule has 2 atom stereocenters. The second-order valence-electron chi connectivity index (χ2n) is 6.35. The number of hydrogen-bond donors (Lipinski definition) is 1. The highest BCUT2D eigenvalue weighted by Crippen LogP contribution is 2.30. The SMILES string of the molecule is CCCNCc1cc(N(C)C2CCCC(C)C2)ncc1Cl. The molecule has 1 aliphatic rings. The van der Waals surface area contributed by atoms with Crippen molar-refractivity contribution in [3.05, 3.63) is 22.8 Å². The average molecular weight is 310 g/mol. The molecule has 2 rings (SSSR count). The molecule has 0 spiro atoms. The first kappa shape index (κ1) is 16.6. The Labute approximate surface area is 134 Å². The van der Waals surface area contributed by atoms with Crippen LogP contribution in [0.1, 0.15) is 51.5 Å². The van der Waals surface area contributed by atoms with E-state index in [1.807, 2.05) is 0 Å². The lowest BCUT2D eigenvalue weighted by atomic mass is 9.86. The number of anilines is 1.